The zero-order chi connectivity index (χ0) is 22.4. The van der Waals surface area contributed by atoms with E-state index in [0.717, 1.165) is 22.2 Å². The monoisotopic (exact) mass is 442 g/mol. The normalized spacial score (nSPS) is 14.8. The number of benzene rings is 2. The molecule has 0 aliphatic carbocycles. The molecule has 2 aromatic carbocycles. The summed E-state index contributed by atoms with van der Waals surface area (Å²) in [5.41, 5.74) is 1.53. The second-order valence-electron chi connectivity index (χ2n) is 6.62. The van der Waals surface area contributed by atoms with Gasteiger partial charge in [0.2, 0.25) is 5.91 Å². The van der Waals surface area contributed by atoms with E-state index in [4.69, 9.17) is 9.47 Å². The average Bonchev–Trinajstić information content (AvgIpc) is 3.02. The van der Waals surface area contributed by atoms with Gasteiger partial charge < -0.3 is 19.9 Å². The fraction of sp³-hybridized carbons (Fsp3) is 0.227. The first kappa shape index (κ1) is 22.2. The minimum Gasteiger partial charge on any atom is -0.508 e. The summed E-state index contributed by atoms with van der Waals surface area (Å²) in [6.07, 6.45) is 2.11. The fourth-order valence-corrected chi connectivity index (χ4v) is 3.84. The van der Waals surface area contributed by atoms with E-state index >= 15 is 0 Å². The number of amides is 3. The Hall–Kier alpha value is -3.46. The Morgan fingerprint density at radius 2 is 1.87 bits per heavy atom. The lowest BCUT2D eigenvalue weighted by Gasteiger charge is -2.12. The molecule has 1 heterocycles. The lowest BCUT2D eigenvalue weighted by molar-refractivity contribution is -0.129. The molecule has 0 spiro atoms. The summed E-state index contributed by atoms with van der Waals surface area (Å²) in [4.78, 5) is 38.3. The lowest BCUT2D eigenvalue weighted by atomic mass is 10.1. The number of ether oxygens (including phenoxy) is 2. The Morgan fingerprint density at radius 3 is 2.55 bits per heavy atom. The predicted molar refractivity (Wildman–Crippen MR) is 117 cm³/mol. The number of carbonyl (C=O) groups excluding carboxylic acids is 3. The molecule has 0 unspecified atom stereocenters. The third-order valence-electron chi connectivity index (χ3n) is 4.57. The first-order valence-corrected chi connectivity index (χ1v) is 10.3. The van der Waals surface area contributed by atoms with Crippen LogP contribution in [0.15, 0.2) is 47.4 Å². The summed E-state index contributed by atoms with van der Waals surface area (Å²) in [6.45, 7) is -0.0104. The van der Waals surface area contributed by atoms with Crippen molar-refractivity contribution in [1.82, 2.24) is 10.2 Å². The maximum atomic E-state index is 12.7. The maximum Gasteiger partial charge on any atom is 0.294 e. The van der Waals surface area contributed by atoms with Gasteiger partial charge in [0.05, 0.1) is 19.1 Å². The van der Waals surface area contributed by atoms with E-state index in [-0.39, 0.29) is 17.2 Å². The van der Waals surface area contributed by atoms with Crippen molar-refractivity contribution in [2.45, 2.75) is 6.42 Å². The molecular formula is C22H22N2O6S. The molecular weight excluding hydrogens is 420 g/mol. The number of para-hydroxylation sites is 1. The van der Waals surface area contributed by atoms with Crippen LogP contribution < -0.4 is 14.8 Å². The summed E-state index contributed by atoms with van der Waals surface area (Å²) in [7, 11) is 3.00. The highest BCUT2D eigenvalue weighted by Gasteiger charge is 2.36. The number of imide groups is 1. The molecule has 1 aliphatic heterocycles. The Bertz CT molecular complexity index is 1020. The van der Waals surface area contributed by atoms with Gasteiger partial charge in [-0.05, 0) is 48.0 Å². The Labute approximate surface area is 183 Å². The summed E-state index contributed by atoms with van der Waals surface area (Å²) in [5.74, 6) is 0.161. The van der Waals surface area contributed by atoms with Crippen LogP contribution in [0.1, 0.15) is 11.1 Å². The van der Waals surface area contributed by atoms with E-state index in [1.807, 2.05) is 0 Å². The number of aromatic hydroxyl groups is 1. The van der Waals surface area contributed by atoms with Crippen LogP contribution in [-0.4, -0.2) is 54.4 Å². The van der Waals surface area contributed by atoms with Crippen LogP contribution in [0.2, 0.25) is 0 Å². The van der Waals surface area contributed by atoms with Gasteiger partial charge in [-0.2, -0.15) is 0 Å². The van der Waals surface area contributed by atoms with E-state index in [1.54, 1.807) is 48.5 Å². The topological polar surface area (TPSA) is 105 Å². The molecule has 1 aliphatic rings. The molecule has 0 saturated carbocycles. The van der Waals surface area contributed by atoms with Gasteiger partial charge >= 0.3 is 0 Å². The van der Waals surface area contributed by atoms with Gasteiger partial charge in [-0.1, -0.05) is 24.3 Å². The smallest absolute Gasteiger partial charge is 0.294 e. The highest BCUT2D eigenvalue weighted by Crippen LogP contribution is 2.37. The van der Waals surface area contributed by atoms with E-state index in [0.29, 0.717) is 30.0 Å². The lowest BCUT2D eigenvalue weighted by Crippen LogP contribution is -2.40. The minimum atomic E-state index is -0.534. The van der Waals surface area contributed by atoms with Gasteiger partial charge in [-0.15, -0.1) is 0 Å². The molecule has 162 valence electrons. The number of phenolic OH excluding ortho intramolecular Hbond substituents is 1. The standard InChI is InChI=1S/C22H22N2O6S/c1-29-17-5-3-4-15(20(17)30-2)12-18-21(27)24(22(28)31-18)13-19(26)23-11-10-14-6-8-16(25)9-7-14/h3-9,12,25H,10-11,13H2,1-2H3,(H,23,26)/b18-12-. The van der Waals surface area contributed by atoms with Crippen molar-refractivity contribution < 1.29 is 29.0 Å². The molecule has 9 heteroatoms. The van der Waals surface area contributed by atoms with Crippen molar-refractivity contribution in [3.63, 3.8) is 0 Å². The maximum absolute atomic E-state index is 12.7. The van der Waals surface area contributed by atoms with Gasteiger partial charge in [0.15, 0.2) is 11.5 Å². The first-order valence-electron chi connectivity index (χ1n) is 9.44. The fourth-order valence-electron chi connectivity index (χ4n) is 3.01. The number of carbonyl (C=O) groups is 3. The Balaban J connectivity index is 1.62. The Morgan fingerprint density at radius 1 is 1.13 bits per heavy atom. The molecule has 8 nitrogen and oxygen atoms in total. The number of phenols is 1. The Kier molecular flexibility index (Phi) is 7.19. The van der Waals surface area contributed by atoms with Gasteiger partial charge in [-0.3, -0.25) is 19.3 Å². The molecule has 0 atom stereocenters. The van der Waals surface area contributed by atoms with Crippen molar-refractivity contribution in [1.29, 1.82) is 0 Å². The molecule has 3 rings (SSSR count). The van der Waals surface area contributed by atoms with Gasteiger partial charge in [0.25, 0.3) is 11.1 Å². The van der Waals surface area contributed by atoms with Gasteiger partial charge in [0, 0.05) is 12.1 Å². The van der Waals surface area contributed by atoms with Crippen LogP contribution in [-0.2, 0) is 16.0 Å². The van der Waals surface area contributed by atoms with E-state index in [1.165, 1.54) is 14.2 Å². The van der Waals surface area contributed by atoms with Crippen molar-refractivity contribution >= 4 is 34.9 Å². The molecule has 2 aromatic rings. The van der Waals surface area contributed by atoms with Gasteiger partial charge in [-0.25, -0.2) is 0 Å². The van der Waals surface area contributed by atoms with Crippen LogP contribution >= 0.6 is 11.8 Å². The number of rotatable bonds is 8. The number of nitrogens with one attached hydrogen (secondary N) is 1. The second-order valence-corrected chi connectivity index (χ2v) is 7.61. The number of hydrogen-bond acceptors (Lipinski definition) is 7. The predicted octanol–water partition coefficient (Wildman–Crippen LogP) is 2.80. The highest BCUT2D eigenvalue weighted by atomic mass is 32.2. The molecule has 1 fully saturated rings. The molecule has 31 heavy (non-hydrogen) atoms. The molecule has 3 amide bonds. The zero-order valence-corrected chi connectivity index (χ0v) is 17.9. The number of methoxy groups -OCH3 is 2. The van der Waals surface area contributed by atoms with Crippen LogP contribution in [0.4, 0.5) is 4.79 Å². The number of thioether (sulfide) groups is 1. The van der Waals surface area contributed by atoms with Crippen molar-refractivity contribution in [3.8, 4) is 17.2 Å². The van der Waals surface area contributed by atoms with Crippen LogP contribution in [0.5, 0.6) is 17.2 Å². The molecule has 0 radical (unpaired) electrons. The van der Waals surface area contributed by atoms with Crippen LogP contribution in [0.3, 0.4) is 0 Å². The largest absolute Gasteiger partial charge is 0.508 e. The zero-order valence-electron chi connectivity index (χ0n) is 17.1. The van der Waals surface area contributed by atoms with Crippen molar-refractivity contribution in [2.24, 2.45) is 0 Å². The van der Waals surface area contributed by atoms with Crippen molar-refractivity contribution in [3.05, 3.63) is 58.5 Å². The van der Waals surface area contributed by atoms with Crippen LogP contribution in [0, 0.1) is 0 Å². The van der Waals surface area contributed by atoms with E-state index in [9.17, 15) is 19.5 Å². The highest BCUT2D eigenvalue weighted by molar-refractivity contribution is 8.18. The average molecular weight is 442 g/mol. The van der Waals surface area contributed by atoms with Crippen molar-refractivity contribution in [2.75, 3.05) is 27.3 Å². The summed E-state index contributed by atoms with van der Waals surface area (Å²) >= 11 is 0.772. The van der Waals surface area contributed by atoms with Gasteiger partial charge in [0.1, 0.15) is 12.3 Å². The van der Waals surface area contributed by atoms with E-state index in [2.05, 4.69) is 5.32 Å². The third-order valence-corrected chi connectivity index (χ3v) is 5.47. The molecule has 1 saturated heterocycles. The number of nitrogens with zero attached hydrogens (tertiary/aromatic N) is 1. The number of hydrogen-bond donors (Lipinski definition) is 2. The minimum absolute atomic E-state index is 0.173. The quantitative estimate of drug-likeness (QED) is 0.606. The molecule has 2 N–H and O–H groups in total. The SMILES string of the molecule is COc1cccc(/C=C2\SC(=O)N(CC(=O)NCCc3ccc(O)cc3)C2=O)c1OC. The summed E-state index contributed by atoms with van der Waals surface area (Å²) in [5, 5.41) is 11.5. The first-order chi connectivity index (χ1) is 14.9. The summed E-state index contributed by atoms with van der Waals surface area (Å²) in [6, 6.07) is 11.9. The van der Waals surface area contributed by atoms with E-state index < -0.39 is 17.1 Å². The summed E-state index contributed by atoms with van der Waals surface area (Å²) < 4.78 is 10.6. The molecule has 0 aromatic heterocycles. The second kappa shape index (κ2) is 10.0. The molecule has 0 bridgehead atoms. The van der Waals surface area contributed by atoms with Crippen LogP contribution in [0.25, 0.3) is 6.08 Å². The third kappa shape index (κ3) is 5.37.